The Labute approximate surface area is 168 Å². The van der Waals surface area contributed by atoms with Gasteiger partial charge in [0, 0.05) is 41.9 Å². The highest BCUT2D eigenvalue weighted by molar-refractivity contribution is 7.16. The molecule has 0 spiro atoms. The molecular weight excluding hydrogens is 378 g/mol. The first kappa shape index (κ1) is 19.4. The van der Waals surface area contributed by atoms with E-state index >= 15 is 0 Å². The zero-order valence-electron chi connectivity index (χ0n) is 15.4. The van der Waals surface area contributed by atoms with Crippen LogP contribution < -0.4 is 5.73 Å². The van der Waals surface area contributed by atoms with Crippen molar-refractivity contribution in [2.24, 2.45) is 10.7 Å². The van der Waals surface area contributed by atoms with Gasteiger partial charge in [0.1, 0.15) is 0 Å². The van der Waals surface area contributed by atoms with Crippen molar-refractivity contribution >= 4 is 40.1 Å². The predicted molar refractivity (Wildman–Crippen MR) is 114 cm³/mol. The zero-order chi connectivity index (χ0) is 19.6. The fraction of sp³-hybridized carbons (Fsp3) is 0.238. The molecule has 3 rings (SSSR count). The van der Waals surface area contributed by atoms with Crippen LogP contribution in [0, 0.1) is 0 Å². The second kappa shape index (κ2) is 8.11. The van der Waals surface area contributed by atoms with Crippen molar-refractivity contribution in [2.75, 3.05) is 13.6 Å². The van der Waals surface area contributed by atoms with Gasteiger partial charge in [-0.3, -0.25) is 9.79 Å². The van der Waals surface area contributed by atoms with Crippen molar-refractivity contribution in [1.82, 2.24) is 4.90 Å². The molecule has 0 saturated carbocycles. The summed E-state index contributed by atoms with van der Waals surface area (Å²) < 4.78 is 0.733. The molecule has 4 nitrogen and oxygen atoms in total. The Bertz CT molecular complexity index is 945. The minimum Gasteiger partial charge on any atom is -0.404 e. The van der Waals surface area contributed by atoms with Crippen LogP contribution in [0.25, 0.3) is 5.57 Å². The minimum absolute atomic E-state index is 0.0113. The number of hydrogen-bond donors (Lipinski definition) is 1. The molecule has 0 radical (unpaired) electrons. The van der Waals surface area contributed by atoms with Gasteiger partial charge >= 0.3 is 0 Å². The van der Waals surface area contributed by atoms with E-state index < -0.39 is 0 Å². The molecule has 1 aromatic carbocycles. The number of nitrogens with zero attached hydrogens (tertiary/aromatic N) is 2. The molecular formula is C21H22ClN3OS. The SMILES string of the molecule is C=CC(=O)N1Cc2sc(Cl)cc2[C@H](c2ccccc2/C(=C/N)C(C)=NC)C1. The van der Waals surface area contributed by atoms with Crippen molar-refractivity contribution in [2.45, 2.75) is 19.4 Å². The van der Waals surface area contributed by atoms with E-state index in [4.69, 9.17) is 17.3 Å². The number of hydrogen-bond acceptors (Lipinski definition) is 4. The number of rotatable bonds is 4. The third kappa shape index (κ3) is 3.70. The van der Waals surface area contributed by atoms with Gasteiger partial charge in [-0.25, -0.2) is 0 Å². The second-order valence-electron chi connectivity index (χ2n) is 6.38. The quantitative estimate of drug-likeness (QED) is 0.609. The Morgan fingerprint density at radius 3 is 2.81 bits per heavy atom. The van der Waals surface area contributed by atoms with Crippen molar-refractivity contribution in [3.8, 4) is 0 Å². The van der Waals surface area contributed by atoms with E-state index in [1.165, 1.54) is 23.0 Å². The van der Waals surface area contributed by atoms with E-state index in [9.17, 15) is 4.79 Å². The number of aliphatic imine (C=N–C) groups is 1. The lowest BCUT2D eigenvalue weighted by Crippen LogP contribution is -2.37. The predicted octanol–water partition coefficient (Wildman–Crippen LogP) is 4.45. The van der Waals surface area contributed by atoms with Crippen molar-refractivity contribution in [3.63, 3.8) is 0 Å². The number of allylic oxidation sites excluding steroid dienone is 1. The molecule has 1 aliphatic heterocycles. The Balaban J connectivity index is 2.15. The van der Waals surface area contributed by atoms with Gasteiger partial charge in [-0.15, -0.1) is 11.3 Å². The van der Waals surface area contributed by atoms with Crippen LogP contribution in [0.15, 0.2) is 54.2 Å². The summed E-state index contributed by atoms with van der Waals surface area (Å²) in [5.41, 5.74) is 11.0. The molecule has 1 aliphatic rings. The Hall–Kier alpha value is -2.37. The third-order valence-electron chi connectivity index (χ3n) is 4.93. The van der Waals surface area contributed by atoms with E-state index in [0.717, 1.165) is 31.6 Å². The summed E-state index contributed by atoms with van der Waals surface area (Å²) in [5, 5.41) is 0. The van der Waals surface area contributed by atoms with Gasteiger partial charge in [-0.1, -0.05) is 42.4 Å². The highest BCUT2D eigenvalue weighted by atomic mass is 35.5. The van der Waals surface area contributed by atoms with E-state index in [-0.39, 0.29) is 11.8 Å². The van der Waals surface area contributed by atoms with E-state index in [1.807, 2.05) is 36.1 Å². The molecule has 2 aromatic rings. The average Bonchev–Trinajstić information content (AvgIpc) is 3.07. The first-order valence-corrected chi connectivity index (χ1v) is 9.84. The van der Waals surface area contributed by atoms with Crippen LogP contribution in [-0.2, 0) is 11.3 Å². The fourth-order valence-corrected chi connectivity index (χ4v) is 4.88. The van der Waals surface area contributed by atoms with E-state index in [0.29, 0.717) is 13.1 Å². The summed E-state index contributed by atoms with van der Waals surface area (Å²) in [7, 11) is 1.75. The summed E-state index contributed by atoms with van der Waals surface area (Å²) in [6, 6.07) is 10.1. The maximum absolute atomic E-state index is 12.3. The number of halogens is 1. The molecule has 6 heteroatoms. The number of carbonyl (C=O) groups excluding carboxylic acids is 1. The number of amides is 1. The molecule has 2 heterocycles. The van der Waals surface area contributed by atoms with Gasteiger partial charge in [0.05, 0.1) is 10.9 Å². The van der Waals surface area contributed by atoms with Crippen LogP contribution in [0.2, 0.25) is 4.34 Å². The molecule has 0 fully saturated rings. The summed E-state index contributed by atoms with van der Waals surface area (Å²) in [5.74, 6) is -0.0641. The molecule has 2 N–H and O–H groups in total. The molecule has 27 heavy (non-hydrogen) atoms. The topological polar surface area (TPSA) is 58.7 Å². The number of benzene rings is 1. The number of fused-ring (bicyclic) bond motifs is 1. The largest absolute Gasteiger partial charge is 0.404 e. The molecule has 1 aromatic heterocycles. The molecule has 0 unspecified atom stereocenters. The Morgan fingerprint density at radius 1 is 1.41 bits per heavy atom. The lowest BCUT2D eigenvalue weighted by atomic mass is 9.83. The highest BCUT2D eigenvalue weighted by Gasteiger charge is 2.32. The normalized spacial score (nSPS) is 17.6. The van der Waals surface area contributed by atoms with Gasteiger partial charge < -0.3 is 10.6 Å². The zero-order valence-corrected chi connectivity index (χ0v) is 17.0. The van der Waals surface area contributed by atoms with Crippen molar-refractivity contribution in [3.05, 3.63) is 75.1 Å². The second-order valence-corrected chi connectivity index (χ2v) is 8.15. The molecule has 140 valence electrons. The number of carbonyl (C=O) groups is 1. The maximum Gasteiger partial charge on any atom is 0.246 e. The van der Waals surface area contributed by atoms with Crippen LogP contribution in [0.1, 0.15) is 34.4 Å². The number of nitrogens with two attached hydrogens (primary N) is 1. The standard InChI is InChI=1S/C21H22ClN3OS/c1-4-21(26)25-11-18(16-9-20(22)27-19(16)12-25)15-8-6-5-7-14(15)17(10-23)13(2)24-3/h4-10,18H,1,11-12,23H2,2-3H3/b17-10+,24-13?/t18-/m0/s1. The molecule has 1 atom stereocenters. The van der Waals surface area contributed by atoms with Gasteiger partial charge in [-0.2, -0.15) is 0 Å². The van der Waals surface area contributed by atoms with Crippen LogP contribution in [0.5, 0.6) is 0 Å². The van der Waals surface area contributed by atoms with Crippen LogP contribution >= 0.6 is 22.9 Å². The molecule has 1 amide bonds. The van der Waals surface area contributed by atoms with E-state index in [1.54, 1.807) is 13.2 Å². The van der Waals surface area contributed by atoms with Crippen LogP contribution in [-0.4, -0.2) is 30.1 Å². The Kier molecular flexibility index (Phi) is 5.82. The lowest BCUT2D eigenvalue weighted by Gasteiger charge is -2.33. The fourth-order valence-electron chi connectivity index (χ4n) is 3.52. The average molecular weight is 400 g/mol. The molecule has 0 saturated heterocycles. The first-order chi connectivity index (χ1) is 13.0. The summed E-state index contributed by atoms with van der Waals surface area (Å²) >= 11 is 7.84. The van der Waals surface area contributed by atoms with Gasteiger partial charge in [-0.05, 0) is 35.8 Å². The lowest BCUT2D eigenvalue weighted by molar-refractivity contribution is -0.127. The van der Waals surface area contributed by atoms with Crippen molar-refractivity contribution < 1.29 is 4.79 Å². The smallest absolute Gasteiger partial charge is 0.246 e. The highest BCUT2D eigenvalue weighted by Crippen LogP contribution is 2.42. The van der Waals surface area contributed by atoms with Crippen molar-refractivity contribution in [1.29, 1.82) is 0 Å². The minimum atomic E-state index is -0.0754. The van der Waals surface area contributed by atoms with E-state index in [2.05, 4.69) is 17.6 Å². The maximum atomic E-state index is 12.3. The first-order valence-electron chi connectivity index (χ1n) is 8.64. The van der Waals surface area contributed by atoms with Gasteiger partial charge in [0.25, 0.3) is 0 Å². The van der Waals surface area contributed by atoms with Crippen LogP contribution in [0.3, 0.4) is 0 Å². The van der Waals surface area contributed by atoms with Gasteiger partial charge in [0.15, 0.2) is 0 Å². The molecule has 0 aliphatic carbocycles. The summed E-state index contributed by atoms with van der Waals surface area (Å²) in [4.78, 5) is 19.5. The summed E-state index contributed by atoms with van der Waals surface area (Å²) in [6.45, 7) is 6.71. The third-order valence-corrected chi connectivity index (χ3v) is 6.19. The monoisotopic (exact) mass is 399 g/mol. The molecule has 0 bridgehead atoms. The Morgan fingerprint density at radius 2 is 2.15 bits per heavy atom. The van der Waals surface area contributed by atoms with Crippen LogP contribution in [0.4, 0.5) is 0 Å². The summed E-state index contributed by atoms with van der Waals surface area (Å²) in [6.07, 6.45) is 2.96. The number of thiophene rings is 1. The van der Waals surface area contributed by atoms with Gasteiger partial charge in [0.2, 0.25) is 5.91 Å².